The molecule has 1 amide bonds. The lowest BCUT2D eigenvalue weighted by molar-refractivity contribution is -0.134. The van der Waals surface area contributed by atoms with E-state index >= 15 is 0 Å². The second-order valence-corrected chi connectivity index (χ2v) is 7.68. The Morgan fingerprint density at radius 1 is 1.45 bits per heavy atom. The van der Waals surface area contributed by atoms with Crippen LogP contribution in [0.15, 0.2) is 0 Å². The number of amides is 1. The van der Waals surface area contributed by atoms with Crippen LogP contribution in [0.3, 0.4) is 0 Å². The summed E-state index contributed by atoms with van der Waals surface area (Å²) in [4.78, 5) is 14.6. The largest absolute Gasteiger partial charge is 0.338 e. The Morgan fingerprint density at radius 2 is 2.20 bits per heavy atom. The number of thioether (sulfide) groups is 1. The van der Waals surface area contributed by atoms with E-state index in [2.05, 4.69) is 31.0 Å². The molecular formula is C15H29ClN2OS. The Morgan fingerprint density at radius 3 is 2.85 bits per heavy atom. The molecular weight excluding hydrogens is 292 g/mol. The predicted octanol–water partition coefficient (Wildman–Crippen LogP) is 2.79. The number of nitrogens with zero attached hydrogens (tertiary/aromatic N) is 1. The average molecular weight is 321 g/mol. The van der Waals surface area contributed by atoms with Gasteiger partial charge in [-0.25, -0.2) is 0 Å². The van der Waals surface area contributed by atoms with Gasteiger partial charge in [-0.3, -0.25) is 4.79 Å². The molecule has 0 aromatic heterocycles. The highest BCUT2D eigenvalue weighted by Gasteiger charge is 2.30. The molecule has 118 valence electrons. The van der Waals surface area contributed by atoms with E-state index in [4.69, 9.17) is 0 Å². The lowest BCUT2D eigenvalue weighted by Gasteiger charge is -2.38. The van der Waals surface area contributed by atoms with Crippen LogP contribution in [-0.2, 0) is 4.79 Å². The summed E-state index contributed by atoms with van der Waals surface area (Å²) in [6, 6.07) is 0.392. The van der Waals surface area contributed by atoms with Crippen molar-refractivity contribution in [2.75, 3.05) is 25.4 Å². The van der Waals surface area contributed by atoms with E-state index in [1.807, 2.05) is 11.8 Å². The minimum Gasteiger partial charge on any atom is -0.338 e. The summed E-state index contributed by atoms with van der Waals surface area (Å²) in [7, 11) is 0. The molecule has 5 heteroatoms. The maximum Gasteiger partial charge on any atom is 0.223 e. The fraction of sp³-hybridized carbons (Fsp3) is 0.933. The summed E-state index contributed by atoms with van der Waals surface area (Å²) in [5.74, 6) is 2.66. The van der Waals surface area contributed by atoms with E-state index in [0.29, 0.717) is 29.0 Å². The number of rotatable bonds is 3. The van der Waals surface area contributed by atoms with Gasteiger partial charge in [-0.15, -0.1) is 12.4 Å². The fourth-order valence-corrected chi connectivity index (χ4v) is 4.31. The van der Waals surface area contributed by atoms with Gasteiger partial charge in [0.1, 0.15) is 0 Å². The molecule has 0 aromatic carbocycles. The molecule has 20 heavy (non-hydrogen) atoms. The zero-order chi connectivity index (χ0) is 13.8. The Labute approximate surface area is 134 Å². The van der Waals surface area contributed by atoms with Gasteiger partial charge in [0.2, 0.25) is 5.91 Å². The lowest BCUT2D eigenvalue weighted by atomic mass is 9.85. The van der Waals surface area contributed by atoms with E-state index in [1.54, 1.807) is 0 Å². The van der Waals surface area contributed by atoms with E-state index in [-0.39, 0.29) is 12.4 Å². The van der Waals surface area contributed by atoms with Crippen LogP contribution in [0.25, 0.3) is 0 Å². The quantitative estimate of drug-likeness (QED) is 0.868. The van der Waals surface area contributed by atoms with E-state index in [9.17, 15) is 4.79 Å². The van der Waals surface area contributed by atoms with Crippen LogP contribution in [0.5, 0.6) is 0 Å². The normalized spacial score (nSPS) is 32.4. The van der Waals surface area contributed by atoms with E-state index in [1.165, 1.54) is 12.8 Å². The number of hydrogen-bond acceptors (Lipinski definition) is 3. The van der Waals surface area contributed by atoms with Gasteiger partial charge in [0.05, 0.1) is 0 Å². The summed E-state index contributed by atoms with van der Waals surface area (Å²) in [5.41, 5.74) is 0. The maximum absolute atomic E-state index is 12.5. The molecule has 0 radical (unpaired) electrons. The van der Waals surface area contributed by atoms with Gasteiger partial charge < -0.3 is 10.2 Å². The smallest absolute Gasteiger partial charge is 0.223 e. The van der Waals surface area contributed by atoms with Gasteiger partial charge in [-0.2, -0.15) is 11.8 Å². The molecule has 2 fully saturated rings. The highest BCUT2D eigenvalue weighted by Crippen LogP contribution is 2.27. The molecule has 0 saturated carbocycles. The second kappa shape index (κ2) is 8.50. The van der Waals surface area contributed by atoms with Crippen LogP contribution in [0.1, 0.15) is 40.0 Å². The third kappa shape index (κ3) is 4.54. The van der Waals surface area contributed by atoms with Crippen LogP contribution in [0, 0.1) is 11.8 Å². The van der Waals surface area contributed by atoms with E-state index < -0.39 is 0 Å². The highest BCUT2D eigenvalue weighted by atomic mass is 35.5. The van der Waals surface area contributed by atoms with Crippen LogP contribution in [0.2, 0.25) is 0 Å². The van der Waals surface area contributed by atoms with E-state index in [0.717, 1.165) is 31.8 Å². The van der Waals surface area contributed by atoms with Crippen molar-refractivity contribution in [1.82, 2.24) is 10.2 Å². The summed E-state index contributed by atoms with van der Waals surface area (Å²) in [6.45, 7) is 9.86. The molecule has 3 nitrogen and oxygen atoms in total. The molecule has 2 aliphatic rings. The third-order valence-corrected chi connectivity index (χ3v) is 6.18. The molecule has 0 bridgehead atoms. The number of carbonyl (C=O) groups is 1. The predicted molar refractivity (Wildman–Crippen MR) is 89.7 cm³/mol. The minimum absolute atomic E-state index is 0. The molecule has 0 spiro atoms. The standard InChI is InChI=1S/C15H28N2OS.ClH/c1-11(14-5-4-6-16-10-14)9-15(18)17-7-8-19-13(3)12(17)2;/h11-14,16H,4-10H2,1-3H3;1H. The Balaban J connectivity index is 0.00000200. The summed E-state index contributed by atoms with van der Waals surface area (Å²) in [6.07, 6.45) is 3.27. The van der Waals surface area contributed by atoms with Gasteiger partial charge in [0, 0.05) is 30.0 Å². The van der Waals surface area contributed by atoms with Gasteiger partial charge in [-0.1, -0.05) is 13.8 Å². The Bertz CT molecular complexity index is 310. The molecule has 4 atom stereocenters. The lowest BCUT2D eigenvalue weighted by Crippen LogP contribution is -2.48. The van der Waals surface area contributed by atoms with Crippen molar-refractivity contribution in [1.29, 1.82) is 0 Å². The molecule has 2 aliphatic heterocycles. The number of carbonyl (C=O) groups excluding carboxylic acids is 1. The topological polar surface area (TPSA) is 32.3 Å². The van der Waals surface area contributed by atoms with Crippen LogP contribution in [-0.4, -0.2) is 47.5 Å². The van der Waals surface area contributed by atoms with Crippen LogP contribution < -0.4 is 5.32 Å². The number of halogens is 1. The summed E-state index contributed by atoms with van der Waals surface area (Å²) < 4.78 is 0. The first kappa shape index (κ1) is 18.1. The van der Waals surface area contributed by atoms with Gasteiger partial charge >= 0.3 is 0 Å². The average Bonchev–Trinajstić information content (AvgIpc) is 2.42. The first-order valence-electron chi connectivity index (χ1n) is 7.71. The van der Waals surface area contributed by atoms with Crippen LogP contribution in [0.4, 0.5) is 0 Å². The first-order chi connectivity index (χ1) is 9.09. The van der Waals surface area contributed by atoms with Crippen molar-refractivity contribution in [3.05, 3.63) is 0 Å². The molecule has 2 rings (SSSR count). The van der Waals surface area contributed by atoms with Gasteiger partial charge in [0.25, 0.3) is 0 Å². The number of nitrogens with one attached hydrogen (secondary N) is 1. The first-order valence-corrected chi connectivity index (χ1v) is 8.76. The summed E-state index contributed by atoms with van der Waals surface area (Å²) in [5, 5.41) is 4.03. The van der Waals surface area contributed by atoms with Crippen LogP contribution >= 0.6 is 24.2 Å². The SMILES string of the molecule is CC(CC(=O)N1CCSC(C)C1C)C1CCCNC1.Cl. The number of piperidine rings is 1. The van der Waals surface area contributed by atoms with Crippen molar-refractivity contribution in [3.63, 3.8) is 0 Å². The molecule has 4 unspecified atom stereocenters. The van der Waals surface area contributed by atoms with Crippen molar-refractivity contribution >= 4 is 30.1 Å². The minimum atomic E-state index is 0. The molecule has 2 saturated heterocycles. The fourth-order valence-electron chi connectivity index (χ4n) is 3.21. The monoisotopic (exact) mass is 320 g/mol. The molecule has 1 N–H and O–H groups in total. The maximum atomic E-state index is 12.5. The second-order valence-electron chi connectivity index (χ2n) is 6.19. The molecule has 2 heterocycles. The van der Waals surface area contributed by atoms with Gasteiger partial charge in [-0.05, 0) is 44.7 Å². The zero-order valence-corrected chi connectivity index (χ0v) is 14.6. The molecule has 0 aromatic rings. The summed E-state index contributed by atoms with van der Waals surface area (Å²) >= 11 is 1.99. The van der Waals surface area contributed by atoms with Crippen molar-refractivity contribution in [2.45, 2.75) is 51.3 Å². The molecule has 0 aliphatic carbocycles. The van der Waals surface area contributed by atoms with Gasteiger partial charge in [0.15, 0.2) is 0 Å². The Kier molecular flexibility index (Phi) is 7.70. The van der Waals surface area contributed by atoms with Crippen molar-refractivity contribution in [2.24, 2.45) is 11.8 Å². The van der Waals surface area contributed by atoms with Crippen molar-refractivity contribution in [3.8, 4) is 0 Å². The van der Waals surface area contributed by atoms with Crippen molar-refractivity contribution < 1.29 is 4.79 Å². The Hall–Kier alpha value is 0.0700. The highest BCUT2D eigenvalue weighted by molar-refractivity contribution is 8.00. The number of hydrogen-bond donors (Lipinski definition) is 1. The zero-order valence-electron chi connectivity index (χ0n) is 12.9. The third-order valence-electron chi connectivity index (χ3n) is 4.84.